The fraction of sp³-hybridized carbons (Fsp3) is 0.286. The molecule has 4 heteroatoms. The fourth-order valence-electron chi connectivity index (χ4n) is 2.04. The predicted molar refractivity (Wildman–Crippen MR) is 77.9 cm³/mol. The highest BCUT2D eigenvalue weighted by atomic mass is 35.5. The summed E-state index contributed by atoms with van der Waals surface area (Å²) in [5.41, 5.74) is 2.89. The molecule has 1 heterocycles. The summed E-state index contributed by atoms with van der Waals surface area (Å²) in [5, 5.41) is 1.61. The molecule has 0 spiro atoms. The number of Topliss-reactive ketones (excluding diaryl/α,β-unsaturated/α-hetero) is 1. The van der Waals surface area contributed by atoms with Crippen molar-refractivity contribution >= 4 is 40.5 Å². The molecular formula is C14H14ClNOS. The van der Waals surface area contributed by atoms with Crippen molar-refractivity contribution in [3.63, 3.8) is 0 Å². The Kier molecular flexibility index (Phi) is 3.83. The summed E-state index contributed by atoms with van der Waals surface area (Å²) in [6.45, 7) is 3.56. The van der Waals surface area contributed by atoms with Gasteiger partial charge < -0.3 is 9.78 Å². The first kappa shape index (κ1) is 13.2. The van der Waals surface area contributed by atoms with Crippen molar-refractivity contribution in [2.75, 3.05) is 0 Å². The van der Waals surface area contributed by atoms with Crippen LogP contribution in [0.4, 0.5) is 0 Å². The molecule has 0 amide bonds. The number of aromatic amines is 1. The predicted octanol–water partition coefficient (Wildman–Crippen LogP) is 4.38. The molecule has 1 aromatic carbocycles. The number of carbonyl (C=O) groups is 1. The highest BCUT2D eigenvalue weighted by Gasteiger charge is 2.09. The Balaban J connectivity index is 2.62. The van der Waals surface area contributed by atoms with E-state index in [1.54, 1.807) is 6.92 Å². The number of rotatable bonds is 3. The molecule has 0 radical (unpaired) electrons. The summed E-state index contributed by atoms with van der Waals surface area (Å²) in [5.74, 6) is 0.176. The van der Waals surface area contributed by atoms with Crippen molar-refractivity contribution in [1.82, 2.24) is 4.98 Å². The van der Waals surface area contributed by atoms with E-state index in [4.69, 9.17) is 23.8 Å². The number of H-pyrrole nitrogens is 1. The van der Waals surface area contributed by atoms with Crippen LogP contribution in [0.25, 0.3) is 10.9 Å². The van der Waals surface area contributed by atoms with Gasteiger partial charge in [0.25, 0.3) is 0 Å². The van der Waals surface area contributed by atoms with Crippen LogP contribution < -0.4 is 0 Å². The maximum absolute atomic E-state index is 11.1. The van der Waals surface area contributed by atoms with Gasteiger partial charge in [-0.15, -0.1) is 0 Å². The van der Waals surface area contributed by atoms with Crippen molar-refractivity contribution in [2.24, 2.45) is 0 Å². The van der Waals surface area contributed by atoms with Crippen molar-refractivity contribution < 1.29 is 4.79 Å². The molecule has 1 aromatic heterocycles. The first-order valence-corrected chi connectivity index (χ1v) is 6.58. The third kappa shape index (κ3) is 2.47. The van der Waals surface area contributed by atoms with Crippen LogP contribution >= 0.6 is 23.8 Å². The summed E-state index contributed by atoms with van der Waals surface area (Å²) < 4.78 is 0.796. The number of para-hydroxylation sites is 1. The minimum atomic E-state index is 0.176. The molecule has 0 saturated heterocycles. The van der Waals surface area contributed by atoms with E-state index in [0.717, 1.165) is 26.7 Å². The SMILES string of the molecule is CC(=O)CCc1c(C)[nH]c2c(Cl)cccc2c1=S. The molecule has 0 atom stereocenters. The third-order valence-electron chi connectivity index (χ3n) is 3.02. The number of fused-ring (bicyclic) bond motifs is 1. The van der Waals surface area contributed by atoms with Crippen LogP contribution in [0.3, 0.4) is 0 Å². The smallest absolute Gasteiger partial charge is 0.130 e. The summed E-state index contributed by atoms with van der Waals surface area (Å²) in [7, 11) is 0. The average molecular weight is 280 g/mol. The number of hydrogen-bond donors (Lipinski definition) is 1. The molecule has 0 aliphatic heterocycles. The Morgan fingerprint density at radius 2 is 2.17 bits per heavy atom. The van der Waals surface area contributed by atoms with Gasteiger partial charge in [0, 0.05) is 17.5 Å². The zero-order chi connectivity index (χ0) is 13.3. The number of aromatic nitrogens is 1. The van der Waals surface area contributed by atoms with Crippen LogP contribution in [0.5, 0.6) is 0 Å². The van der Waals surface area contributed by atoms with Gasteiger partial charge in [-0.1, -0.05) is 36.0 Å². The number of nitrogens with one attached hydrogen (secondary N) is 1. The molecule has 0 saturated carbocycles. The lowest BCUT2D eigenvalue weighted by atomic mass is 10.0. The van der Waals surface area contributed by atoms with Crippen LogP contribution in [-0.4, -0.2) is 10.8 Å². The average Bonchev–Trinajstić information content (AvgIpc) is 2.30. The summed E-state index contributed by atoms with van der Waals surface area (Å²) >= 11 is 11.7. The molecule has 0 aliphatic rings. The quantitative estimate of drug-likeness (QED) is 0.846. The molecule has 2 rings (SSSR count). The molecular weight excluding hydrogens is 266 g/mol. The molecule has 94 valence electrons. The number of ketones is 1. The maximum Gasteiger partial charge on any atom is 0.130 e. The van der Waals surface area contributed by atoms with Gasteiger partial charge >= 0.3 is 0 Å². The van der Waals surface area contributed by atoms with E-state index >= 15 is 0 Å². The second-order valence-electron chi connectivity index (χ2n) is 4.42. The van der Waals surface area contributed by atoms with Gasteiger partial charge in [-0.25, -0.2) is 0 Å². The van der Waals surface area contributed by atoms with E-state index in [-0.39, 0.29) is 5.78 Å². The van der Waals surface area contributed by atoms with E-state index in [0.29, 0.717) is 17.9 Å². The van der Waals surface area contributed by atoms with Crippen molar-refractivity contribution in [1.29, 1.82) is 0 Å². The van der Waals surface area contributed by atoms with Gasteiger partial charge in [-0.05, 0) is 31.9 Å². The highest BCUT2D eigenvalue weighted by molar-refractivity contribution is 7.71. The lowest BCUT2D eigenvalue weighted by molar-refractivity contribution is -0.116. The lowest BCUT2D eigenvalue weighted by Crippen LogP contribution is -2.00. The highest BCUT2D eigenvalue weighted by Crippen LogP contribution is 2.26. The molecule has 0 aliphatic carbocycles. The molecule has 2 nitrogen and oxygen atoms in total. The topological polar surface area (TPSA) is 32.9 Å². The van der Waals surface area contributed by atoms with Crippen molar-refractivity contribution in [3.05, 3.63) is 39.0 Å². The zero-order valence-corrected chi connectivity index (χ0v) is 11.9. The molecule has 1 N–H and O–H groups in total. The Morgan fingerprint density at radius 1 is 1.44 bits per heavy atom. The van der Waals surface area contributed by atoms with E-state index in [9.17, 15) is 4.79 Å². The van der Waals surface area contributed by atoms with Gasteiger partial charge in [-0.3, -0.25) is 0 Å². The Hall–Kier alpha value is -1.19. The summed E-state index contributed by atoms with van der Waals surface area (Å²) in [6, 6.07) is 5.68. The van der Waals surface area contributed by atoms with E-state index in [2.05, 4.69) is 4.98 Å². The standard InChI is InChI=1S/C14H14ClNOS/c1-8(17)6-7-10-9(2)16-13-11(14(10)18)4-3-5-12(13)15/h3-5H,6-7H2,1-2H3,(H,16,18). The summed E-state index contributed by atoms with van der Waals surface area (Å²) in [6.07, 6.45) is 1.20. The molecule has 0 bridgehead atoms. The van der Waals surface area contributed by atoms with Gasteiger partial charge in [-0.2, -0.15) is 0 Å². The Bertz CT molecular complexity index is 675. The van der Waals surface area contributed by atoms with Crippen LogP contribution in [0, 0.1) is 11.4 Å². The number of aryl methyl sites for hydroxylation is 1. The van der Waals surface area contributed by atoms with Crippen molar-refractivity contribution in [3.8, 4) is 0 Å². The van der Waals surface area contributed by atoms with Crippen LogP contribution in [0.1, 0.15) is 24.6 Å². The van der Waals surface area contributed by atoms with Crippen molar-refractivity contribution in [2.45, 2.75) is 26.7 Å². The van der Waals surface area contributed by atoms with Crippen LogP contribution in [0.2, 0.25) is 5.02 Å². The van der Waals surface area contributed by atoms with E-state index in [1.807, 2.05) is 25.1 Å². The second-order valence-corrected chi connectivity index (χ2v) is 5.24. The minimum absolute atomic E-state index is 0.176. The van der Waals surface area contributed by atoms with Crippen LogP contribution in [-0.2, 0) is 11.2 Å². The second kappa shape index (κ2) is 5.21. The monoisotopic (exact) mass is 279 g/mol. The molecule has 2 aromatic rings. The zero-order valence-electron chi connectivity index (χ0n) is 10.3. The number of halogens is 1. The summed E-state index contributed by atoms with van der Waals surface area (Å²) in [4.78, 5) is 14.4. The number of benzene rings is 1. The fourth-order valence-corrected chi connectivity index (χ4v) is 2.69. The largest absolute Gasteiger partial charge is 0.357 e. The normalized spacial score (nSPS) is 10.8. The molecule has 0 unspecified atom stereocenters. The first-order chi connectivity index (χ1) is 8.50. The number of carbonyl (C=O) groups excluding carboxylic acids is 1. The number of hydrogen-bond acceptors (Lipinski definition) is 2. The third-order valence-corrected chi connectivity index (χ3v) is 3.81. The van der Waals surface area contributed by atoms with Gasteiger partial charge in [0.2, 0.25) is 0 Å². The molecule has 0 fully saturated rings. The number of pyridine rings is 1. The Labute approximate surface area is 116 Å². The van der Waals surface area contributed by atoms with Crippen LogP contribution in [0.15, 0.2) is 18.2 Å². The maximum atomic E-state index is 11.1. The minimum Gasteiger partial charge on any atom is -0.357 e. The first-order valence-electron chi connectivity index (χ1n) is 5.80. The van der Waals surface area contributed by atoms with Gasteiger partial charge in [0.15, 0.2) is 0 Å². The van der Waals surface area contributed by atoms with Gasteiger partial charge in [0.05, 0.1) is 15.0 Å². The van der Waals surface area contributed by atoms with E-state index < -0.39 is 0 Å². The Morgan fingerprint density at radius 3 is 2.83 bits per heavy atom. The van der Waals surface area contributed by atoms with Gasteiger partial charge in [0.1, 0.15) is 5.78 Å². The van der Waals surface area contributed by atoms with E-state index in [1.165, 1.54) is 0 Å². The lowest BCUT2D eigenvalue weighted by Gasteiger charge is -2.10. The molecule has 18 heavy (non-hydrogen) atoms.